The SMILES string of the molecule is O=C(O)C1(CC2CO2)CC(CC2CO2)(C(=O)O)CC(CC2CO2)(C(=O)O)C1. The lowest BCUT2D eigenvalue weighted by molar-refractivity contribution is -0.182. The maximum Gasteiger partial charge on any atom is 0.309 e. The van der Waals surface area contributed by atoms with Crippen molar-refractivity contribution in [2.75, 3.05) is 19.8 Å². The quantitative estimate of drug-likeness (QED) is 0.489. The first kappa shape index (κ1) is 18.6. The van der Waals surface area contributed by atoms with E-state index in [9.17, 15) is 29.7 Å². The Kier molecular flexibility index (Phi) is 4.25. The van der Waals surface area contributed by atoms with Gasteiger partial charge in [0.05, 0.1) is 54.4 Å². The highest BCUT2D eigenvalue weighted by molar-refractivity contribution is 5.84. The van der Waals surface area contributed by atoms with Gasteiger partial charge in [-0.15, -0.1) is 0 Å². The molecule has 1 saturated carbocycles. The van der Waals surface area contributed by atoms with E-state index >= 15 is 0 Å². The Morgan fingerprint density at radius 1 is 0.630 bits per heavy atom. The Labute approximate surface area is 155 Å². The van der Waals surface area contributed by atoms with Crippen LogP contribution < -0.4 is 0 Å². The van der Waals surface area contributed by atoms with Crippen LogP contribution in [0.1, 0.15) is 38.5 Å². The van der Waals surface area contributed by atoms with Crippen molar-refractivity contribution in [1.29, 1.82) is 0 Å². The lowest BCUT2D eigenvalue weighted by Crippen LogP contribution is -2.56. The Hall–Kier alpha value is -1.71. The number of ether oxygens (including phenoxy) is 3. The average molecular weight is 384 g/mol. The third kappa shape index (κ3) is 3.55. The summed E-state index contributed by atoms with van der Waals surface area (Å²) in [7, 11) is 0. The van der Waals surface area contributed by atoms with Crippen LogP contribution in [-0.4, -0.2) is 71.4 Å². The van der Waals surface area contributed by atoms with E-state index < -0.39 is 34.2 Å². The normalized spacial score (nSPS) is 45.1. The van der Waals surface area contributed by atoms with E-state index in [0.717, 1.165) is 0 Å². The van der Waals surface area contributed by atoms with Crippen LogP contribution in [-0.2, 0) is 28.6 Å². The van der Waals surface area contributed by atoms with Crippen molar-refractivity contribution in [2.24, 2.45) is 16.2 Å². The Morgan fingerprint density at radius 3 is 1.00 bits per heavy atom. The number of epoxide rings is 3. The molecule has 0 amide bonds. The van der Waals surface area contributed by atoms with Crippen molar-refractivity contribution in [3.8, 4) is 0 Å². The van der Waals surface area contributed by atoms with Crippen molar-refractivity contribution >= 4 is 17.9 Å². The molecule has 0 aromatic carbocycles. The molecular weight excluding hydrogens is 360 g/mol. The molecule has 27 heavy (non-hydrogen) atoms. The molecule has 4 aliphatic rings. The number of hydrogen-bond donors (Lipinski definition) is 3. The molecule has 1 aliphatic carbocycles. The van der Waals surface area contributed by atoms with Gasteiger partial charge >= 0.3 is 17.9 Å². The third-order valence-electron chi connectivity index (χ3n) is 6.45. The summed E-state index contributed by atoms with van der Waals surface area (Å²) in [6, 6.07) is 0. The minimum Gasteiger partial charge on any atom is -0.481 e. The fourth-order valence-corrected chi connectivity index (χ4v) is 5.14. The first-order valence-electron chi connectivity index (χ1n) is 9.24. The van der Waals surface area contributed by atoms with Crippen LogP contribution in [0.25, 0.3) is 0 Å². The van der Waals surface area contributed by atoms with Gasteiger partial charge in [0.1, 0.15) is 0 Å². The van der Waals surface area contributed by atoms with Gasteiger partial charge in [-0.05, 0) is 38.5 Å². The Morgan fingerprint density at radius 2 is 0.852 bits per heavy atom. The van der Waals surface area contributed by atoms with E-state index in [1.165, 1.54) is 0 Å². The van der Waals surface area contributed by atoms with Crippen LogP contribution in [0.2, 0.25) is 0 Å². The largest absolute Gasteiger partial charge is 0.481 e. The molecule has 4 rings (SSSR count). The maximum atomic E-state index is 12.4. The van der Waals surface area contributed by atoms with Gasteiger partial charge in [-0.25, -0.2) is 0 Å². The van der Waals surface area contributed by atoms with Gasteiger partial charge in [0, 0.05) is 0 Å². The summed E-state index contributed by atoms with van der Waals surface area (Å²) in [4.78, 5) is 37.1. The first-order valence-corrected chi connectivity index (χ1v) is 9.24. The number of carboxylic acids is 3. The number of rotatable bonds is 9. The average Bonchev–Trinajstić information content (AvgIpc) is 3.38. The zero-order valence-corrected chi connectivity index (χ0v) is 14.9. The zero-order chi connectivity index (χ0) is 19.4. The summed E-state index contributed by atoms with van der Waals surface area (Å²) in [6.07, 6.45) is -0.707. The summed E-state index contributed by atoms with van der Waals surface area (Å²) in [5, 5.41) is 30.3. The third-order valence-corrected chi connectivity index (χ3v) is 6.45. The second-order valence-electron chi connectivity index (χ2n) is 8.77. The minimum atomic E-state index is -1.46. The summed E-state index contributed by atoms with van der Waals surface area (Å²) in [5.41, 5.74) is -4.38. The van der Waals surface area contributed by atoms with E-state index in [0.29, 0.717) is 19.8 Å². The Balaban J connectivity index is 1.77. The first-order chi connectivity index (χ1) is 12.7. The number of hydrogen-bond acceptors (Lipinski definition) is 6. The van der Waals surface area contributed by atoms with E-state index in [2.05, 4.69) is 0 Å². The predicted octanol–water partition coefficient (Wildman–Crippen LogP) is 0.750. The van der Waals surface area contributed by atoms with Gasteiger partial charge in [0.15, 0.2) is 0 Å². The molecule has 0 spiro atoms. The highest BCUT2D eigenvalue weighted by Crippen LogP contribution is 2.61. The monoisotopic (exact) mass is 384 g/mol. The standard InChI is InChI=1S/C18H24O9/c19-13(20)16(1-10-4-25-10)7-17(14(21)22,2-11-5-26-11)9-18(8-16,15(23)24)3-12-6-27-12/h10-12H,1-9H2,(H,19,20)(H,21,22)(H,23,24). The van der Waals surface area contributed by atoms with Crippen LogP contribution in [0.4, 0.5) is 0 Å². The molecule has 0 radical (unpaired) electrons. The highest BCUT2D eigenvalue weighted by atomic mass is 16.6. The maximum absolute atomic E-state index is 12.4. The number of aliphatic carboxylic acids is 3. The van der Waals surface area contributed by atoms with E-state index in [-0.39, 0.29) is 56.8 Å². The molecule has 0 aromatic heterocycles. The lowest BCUT2D eigenvalue weighted by atomic mass is 9.50. The van der Waals surface area contributed by atoms with Gasteiger partial charge in [0.2, 0.25) is 0 Å². The van der Waals surface area contributed by atoms with Crippen molar-refractivity contribution in [3.63, 3.8) is 0 Å². The second kappa shape index (κ2) is 6.15. The number of carboxylic acid groups (broad SMARTS) is 3. The molecule has 4 fully saturated rings. The van der Waals surface area contributed by atoms with Crippen molar-refractivity contribution < 1.29 is 43.9 Å². The van der Waals surface area contributed by atoms with Crippen molar-refractivity contribution in [1.82, 2.24) is 0 Å². The van der Waals surface area contributed by atoms with E-state index in [1.54, 1.807) is 0 Å². The van der Waals surface area contributed by atoms with Crippen LogP contribution in [0.5, 0.6) is 0 Å². The molecule has 3 unspecified atom stereocenters. The molecule has 9 nitrogen and oxygen atoms in total. The second-order valence-corrected chi connectivity index (χ2v) is 8.77. The summed E-state index contributed by atoms with van der Waals surface area (Å²) >= 11 is 0. The van der Waals surface area contributed by atoms with Gasteiger partial charge < -0.3 is 29.5 Å². The molecule has 3 heterocycles. The van der Waals surface area contributed by atoms with Crippen LogP contribution in [0.3, 0.4) is 0 Å². The molecule has 3 saturated heterocycles. The van der Waals surface area contributed by atoms with Gasteiger partial charge in [0.25, 0.3) is 0 Å². The molecule has 3 N–H and O–H groups in total. The van der Waals surface area contributed by atoms with E-state index in [4.69, 9.17) is 14.2 Å². The predicted molar refractivity (Wildman–Crippen MR) is 87.1 cm³/mol. The molecular formula is C18H24O9. The number of carbonyl (C=O) groups is 3. The fraction of sp³-hybridized carbons (Fsp3) is 0.833. The smallest absolute Gasteiger partial charge is 0.309 e. The summed E-state index contributed by atoms with van der Waals surface area (Å²) in [6.45, 7) is 1.27. The lowest BCUT2D eigenvalue weighted by Gasteiger charge is -2.51. The van der Waals surface area contributed by atoms with Crippen LogP contribution in [0.15, 0.2) is 0 Å². The summed E-state index contributed by atoms with van der Waals surface area (Å²) < 4.78 is 15.7. The minimum absolute atomic E-state index is 0.106. The van der Waals surface area contributed by atoms with Crippen molar-refractivity contribution in [3.05, 3.63) is 0 Å². The molecule has 0 aromatic rings. The fourth-order valence-electron chi connectivity index (χ4n) is 5.14. The summed E-state index contributed by atoms with van der Waals surface area (Å²) in [5.74, 6) is -3.45. The zero-order valence-electron chi connectivity index (χ0n) is 14.9. The Bertz CT molecular complexity index is 563. The van der Waals surface area contributed by atoms with Crippen LogP contribution >= 0.6 is 0 Å². The molecule has 150 valence electrons. The van der Waals surface area contributed by atoms with Gasteiger partial charge in [-0.1, -0.05) is 0 Å². The van der Waals surface area contributed by atoms with Crippen molar-refractivity contribution in [2.45, 2.75) is 56.8 Å². The van der Waals surface area contributed by atoms with Gasteiger partial charge in [-0.3, -0.25) is 14.4 Å². The van der Waals surface area contributed by atoms with Gasteiger partial charge in [-0.2, -0.15) is 0 Å². The van der Waals surface area contributed by atoms with Crippen LogP contribution in [0, 0.1) is 16.2 Å². The molecule has 9 heteroatoms. The highest BCUT2D eigenvalue weighted by Gasteiger charge is 2.65. The molecule has 3 aliphatic heterocycles. The van der Waals surface area contributed by atoms with E-state index in [1.807, 2.05) is 0 Å². The molecule has 3 atom stereocenters. The molecule has 0 bridgehead atoms. The topological polar surface area (TPSA) is 149 Å².